The lowest BCUT2D eigenvalue weighted by atomic mass is 9.99. The van der Waals surface area contributed by atoms with E-state index in [-0.39, 0.29) is 19.3 Å². The fraction of sp³-hybridized carbons (Fsp3) is 0.250. The average molecular weight is 390 g/mol. The molecule has 2 rings (SSSR count). The van der Waals surface area contributed by atoms with E-state index in [1.807, 2.05) is 42.5 Å². The van der Waals surface area contributed by atoms with Crippen molar-refractivity contribution in [2.24, 2.45) is 0 Å². The van der Waals surface area contributed by atoms with Crippen LogP contribution in [0.4, 0.5) is 0 Å². The molecule has 0 radical (unpaired) electrons. The Morgan fingerprint density at radius 3 is 2.19 bits per heavy atom. The molecule has 142 valence electrons. The van der Waals surface area contributed by atoms with Gasteiger partial charge in [-0.2, -0.15) is 0 Å². The fourth-order valence-corrected chi connectivity index (χ4v) is 2.95. The first-order valence-electron chi connectivity index (χ1n) is 8.42. The minimum atomic E-state index is -1.07. The zero-order valence-electron chi connectivity index (χ0n) is 14.5. The van der Waals surface area contributed by atoms with Gasteiger partial charge in [0.15, 0.2) is 0 Å². The van der Waals surface area contributed by atoms with E-state index < -0.39 is 23.9 Å². The van der Waals surface area contributed by atoms with Crippen LogP contribution in [0.1, 0.15) is 24.8 Å². The van der Waals surface area contributed by atoms with Gasteiger partial charge in [-0.1, -0.05) is 54.1 Å². The van der Waals surface area contributed by atoms with Crippen molar-refractivity contribution in [2.45, 2.75) is 31.7 Å². The highest BCUT2D eigenvalue weighted by Gasteiger charge is 2.17. The molecular formula is C20H20ClNO5. The van der Waals surface area contributed by atoms with E-state index in [2.05, 4.69) is 5.32 Å². The average Bonchev–Trinajstić information content (AvgIpc) is 2.60. The Bertz CT molecular complexity index is 819. The van der Waals surface area contributed by atoms with E-state index in [9.17, 15) is 14.4 Å². The monoisotopic (exact) mass is 389 g/mol. The van der Waals surface area contributed by atoms with Crippen LogP contribution in [-0.2, 0) is 20.8 Å². The summed E-state index contributed by atoms with van der Waals surface area (Å²) in [6.07, 6.45) is -0.395. The standard InChI is InChI=1S/C20H20ClNO5/c21-17-4-2-1-3-16(17)14-7-5-13(6-8-14)11-15(12-20(26)27)22-18(23)9-10-19(24)25/h1-8,15H,9-12H2,(H,22,23)(H,24,25)(H,26,27)/t15-/m1/s1. The van der Waals surface area contributed by atoms with Crippen LogP contribution < -0.4 is 5.32 Å². The summed E-state index contributed by atoms with van der Waals surface area (Å²) in [6, 6.07) is 14.3. The number of aliphatic carboxylic acids is 2. The molecule has 27 heavy (non-hydrogen) atoms. The second-order valence-corrected chi connectivity index (χ2v) is 6.54. The maximum Gasteiger partial charge on any atom is 0.305 e. The third-order valence-corrected chi connectivity index (χ3v) is 4.30. The molecule has 6 nitrogen and oxygen atoms in total. The Hall–Kier alpha value is -2.86. The van der Waals surface area contributed by atoms with Gasteiger partial charge in [0.2, 0.25) is 5.91 Å². The maximum absolute atomic E-state index is 11.8. The normalized spacial score (nSPS) is 11.6. The Morgan fingerprint density at radius 2 is 1.59 bits per heavy atom. The number of hydrogen-bond donors (Lipinski definition) is 3. The summed E-state index contributed by atoms with van der Waals surface area (Å²) in [4.78, 5) is 33.4. The first-order chi connectivity index (χ1) is 12.8. The van der Waals surface area contributed by atoms with E-state index in [1.165, 1.54) is 0 Å². The number of benzene rings is 2. The van der Waals surface area contributed by atoms with E-state index in [4.69, 9.17) is 21.8 Å². The number of carbonyl (C=O) groups is 3. The fourth-order valence-electron chi connectivity index (χ4n) is 2.71. The minimum Gasteiger partial charge on any atom is -0.481 e. The minimum absolute atomic E-state index is 0.184. The summed E-state index contributed by atoms with van der Waals surface area (Å²) in [6.45, 7) is 0. The molecule has 1 amide bonds. The molecule has 0 fully saturated rings. The first kappa shape index (κ1) is 20.5. The first-order valence-corrected chi connectivity index (χ1v) is 8.79. The van der Waals surface area contributed by atoms with Gasteiger partial charge in [-0.15, -0.1) is 0 Å². The van der Waals surface area contributed by atoms with Crippen molar-refractivity contribution in [3.63, 3.8) is 0 Å². The summed E-state index contributed by atoms with van der Waals surface area (Å²) in [5.41, 5.74) is 2.69. The molecule has 2 aromatic rings. The largest absolute Gasteiger partial charge is 0.481 e. The van der Waals surface area contributed by atoms with Gasteiger partial charge in [-0.25, -0.2) is 0 Å². The summed E-state index contributed by atoms with van der Waals surface area (Å²) < 4.78 is 0. The van der Waals surface area contributed by atoms with Crippen molar-refractivity contribution >= 4 is 29.4 Å². The predicted molar refractivity (Wildman–Crippen MR) is 102 cm³/mol. The Balaban J connectivity index is 2.06. The lowest BCUT2D eigenvalue weighted by molar-refractivity contribution is -0.140. The predicted octanol–water partition coefficient (Wildman–Crippen LogP) is 3.37. The van der Waals surface area contributed by atoms with Crippen molar-refractivity contribution in [1.82, 2.24) is 5.32 Å². The Kier molecular flexibility index (Phi) is 7.37. The molecular weight excluding hydrogens is 370 g/mol. The van der Waals surface area contributed by atoms with Gasteiger partial charge in [-0.3, -0.25) is 14.4 Å². The summed E-state index contributed by atoms with van der Waals surface area (Å²) in [7, 11) is 0. The molecule has 3 N–H and O–H groups in total. The van der Waals surface area contributed by atoms with Crippen LogP contribution in [-0.4, -0.2) is 34.1 Å². The second kappa shape index (κ2) is 9.73. The molecule has 0 spiro atoms. The van der Waals surface area contributed by atoms with Crippen molar-refractivity contribution in [2.75, 3.05) is 0 Å². The molecule has 0 aliphatic heterocycles. The van der Waals surface area contributed by atoms with Crippen molar-refractivity contribution in [3.05, 3.63) is 59.1 Å². The number of carboxylic acids is 2. The van der Waals surface area contributed by atoms with Crippen LogP contribution >= 0.6 is 11.6 Å². The second-order valence-electron chi connectivity index (χ2n) is 6.14. The molecule has 0 heterocycles. The highest BCUT2D eigenvalue weighted by Crippen LogP contribution is 2.27. The number of halogens is 1. The quantitative estimate of drug-likeness (QED) is 0.610. The van der Waals surface area contributed by atoms with Gasteiger partial charge in [0.1, 0.15) is 0 Å². The van der Waals surface area contributed by atoms with Gasteiger partial charge in [0.25, 0.3) is 0 Å². The van der Waals surface area contributed by atoms with Gasteiger partial charge in [-0.05, 0) is 23.6 Å². The van der Waals surface area contributed by atoms with Crippen LogP contribution in [0.5, 0.6) is 0 Å². The van der Waals surface area contributed by atoms with E-state index in [0.717, 1.165) is 16.7 Å². The summed E-state index contributed by atoms with van der Waals surface area (Å²) in [5.74, 6) is -2.59. The summed E-state index contributed by atoms with van der Waals surface area (Å²) >= 11 is 6.19. The van der Waals surface area contributed by atoms with Gasteiger partial charge >= 0.3 is 11.9 Å². The lowest BCUT2D eigenvalue weighted by Crippen LogP contribution is -2.38. The lowest BCUT2D eigenvalue weighted by Gasteiger charge is -2.17. The molecule has 0 bridgehead atoms. The highest BCUT2D eigenvalue weighted by molar-refractivity contribution is 6.33. The molecule has 0 saturated carbocycles. The molecule has 0 unspecified atom stereocenters. The molecule has 0 saturated heterocycles. The number of carboxylic acid groups (broad SMARTS) is 2. The van der Waals surface area contributed by atoms with Crippen LogP contribution in [0.15, 0.2) is 48.5 Å². The topological polar surface area (TPSA) is 104 Å². The molecule has 0 aliphatic carbocycles. The third kappa shape index (κ3) is 6.75. The third-order valence-electron chi connectivity index (χ3n) is 3.97. The summed E-state index contributed by atoms with van der Waals surface area (Å²) in [5, 5.41) is 20.9. The van der Waals surface area contributed by atoms with Crippen molar-refractivity contribution in [3.8, 4) is 11.1 Å². The Labute approximate surface area is 161 Å². The molecule has 2 aromatic carbocycles. The van der Waals surface area contributed by atoms with Crippen LogP contribution in [0.2, 0.25) is 5.02 Å². The maximum atomic E-state index is 11.8. The van der Waals surface area contributed by atoms with Gasteiger partial charge < -0.3 is 15.5 Å². The van der Waals surface area contributed by atoms with Crippen molar-refractivity contribution < 1.29 is 24.6 Å². The molecule has 0 aliphatic rings. The van der Waals surface area contributed by atoms with E-state index >= 15 is 0 Å². The van der Waals surface area contributed by atoms with E-state index in [1.54, 1.807) is 6.07 Å². The van der Waals surface area contributed by atoms with Crippen molar-refractivity contribution in [1.29, 1.82) is 0 Å². The Morgan fingerprint density at radius 1 is 0.926 bits per heavy atom. The van der Waals surface area contributed by atoms with E-state index in [0.29, 0.717) is 11.4 Å². The van der Waals surface area contributed by atoms with Crippen LogP contribution in [0.3, 0.4) is 0 Å². The number of hydrogen-bond acceptors (Lipinski definition) is 3. The van der Waals surface area contributed by atoms with Gasteiger partial charge in [0, 0.05) is 23.0 Å². The zero-order valence-corrected chi connectivity index (χ0v) is 15.3. The number of nitrogens with one attached hydrogen (secondary N) is 1. The SMILES string of the molecule is O=C(O)CCC(=O)N[C@@H](CC(=O)O)Cc1ccc(-c2ccccc2Cl)cc1. The highest BCUT2D eigenvalue weighted by atomic mass is 35.5. The number of amides is 1. The van der Waals surface area contributed by atoms with Crippen LogP contribution in [0, 0.1) is 0 Å². The number of carbonyl (C=O) groups excluding carboxylic acids is 1. The van der Waals surface area contributed by atoms with Crippen LogP contribution in [0.25, 0.3) is 11.1 Å². The number of rotatable bonds is 9. The smallest absolute Gasteiger partial charge is 0.305 e. The molecule has 1 atom stereocenters. The van der Waals surface area contributed by atoms with Gasteiger partial charge in [0.05, 0.1) is 12.8 Å². The molecule has 0 aromatic heterocycles. The zero-order chi connectivity index (χ0) is 19.8. The molecule has 7 heteroatoms.